The fourth-order valence-electron chi connectivity index (χ4n) is 3.89. The van der Waals surface area contributed by atoms with Crippen LogP contribution in [0.2, 0.25) is 0 Å². The number of hydrogen-bond acceptors (Lipinski definition) is 7. The highest BCUT2D eigenvalue weighted by atomic mass is 32.1. The summed E-state index contributed by atoms with van der Waals surface area (Å²) in [6, 6.07) is 14.1. The Hall–Kier alpha value is -3.65. The first kappa shape index (κ1) is 23.5. The number of para-hydroxylation sites is 1. The lowest BCUT2D eigenvalue weighted by atomic mass is 9.96. The third kappa shape index (κ3) is 4.41. The first-order chi connectivity index (χ1) is 16.3. The van der Waals surface area contributed by atoms with E-state index in [2.05, 4.69) is 4.99 Å². The van der Waals surface area contributed by atoms with Gasteiger partial charge in [-0.15, -0.1) is 0 Å². The van der Waals surface area contributed by atoms with Crippen molar-refractivity contribution in [2.24, 2.45) is 4.99 Å². The molecule has 1 aliphatic heterocycles. The van der Waals surface area contributed by atoms with Gasteiger partial charge in [-0.05, 0) is 50.6 Å². The normalized spacial score (nSPS) is 15.7. The maximum atomic E-state index is 13.7. The highest BCUT2D eigenvalue weighted by Gasteiger charge is 2.33. The molecule has 1 atom stereocenters. The molecule has 0 amide bonds. The maximum absolute atomic E-state index is 13.7. The van der Waals surface area contributed by atoms with E-state index in [1.54, 1.807) is 57.8 Å². The fourth-order valence-corrected chi connectivity index (χ4v) is 4.93. The average molecular weight is 479 g/mol. The van der Waals surface area contributed by atoms with Gasteiger partial charge in [0.1, 0.15) is 11.5 Å². The molecule has 0 N–H and O–H groups in total. The number of esters is 1. The van der Waals surface area contributed by atoms with Crippen LogP contribution in [0.3, 0.4) is 0 Å². The number of carbonyl (C=O) groups excluding carboxylic acids is 1. The lowest BCUT2D eigenvalue weighted by molar-refractivity contribution is -0.143. The van der Waals surface area contributed by atoms with Crippen molar-refractivity contribution in [3.8, 4) is 11.5 Å². The van der Waals surface area contributed by atoms with Gasteiger partial charge in [-0.25, -0.2) is 9.79 Å². The van der Waals surface area contributed by atoms with Crippen molar-refractivity contribution in [2.45, 2.75) is 32.9 Å². The minimum atomic E-state index is -0.673. The number of aromatic nitrogens is 1. The van der Waals surface area contributed by atoms with Crippen LogP contribution in [0.5, 0.6) is 11.5 Å². The summed E-state index contributed by atoms with van der Waals surface area (Å²) in [5.41, 5.74) is 2.17. The van der Waals surface area contributed by atoms with Crippen molar-refractivity contribution in [3.05, 3.63) is 90.6 Å². The SMILES string of the molecule is COc1ccc(C2C(C(=O)OC(C)C)=C(C)N=c3sc(=Cc4ccccc4OC)c(=O)n32)cc1. The Labute approximate surface area is 201 Å². The summed E-state index contributed by atoms with van der Waals surface area (Å²) in [5, 5.41) is 0. The number of ether oxygens (including phenoxy) is 3. The number of benzene rings is 2. The molecule has 4 rings (SSSR count). The Kier molecular flexibility index (Phi) is 6.70. The number of rotatable bonds is 6. The molecular formula is C26H26N2O5S. The quantitative estimate of drug-likeness (QED) is 0.509. The molecular weight excluding hydrogens is 452 g/mol. The van der Waals surface area contributed by atoms with Crippen LogP contribution in [0.1, 0.15) is 37.9 Å². The standard InChI is InChI=1S/C26H26N2O5S/c1-15(2)33-25(30)22-16(3)27-26-28(23(22)17-10-12-19(31-4)13-11-17)24(29)21(34-26)14-18-8-6-7-9-20(18)32-5/h6-15,23H,1-5H3. The van der Waals surface area contributed by atoms with Crippen molar-refractivity contribution < 1.29 is 19.0 Å². The molecule has 7 nitrogen and oxygen atoms in total. The van der Waals surface area contributed by atoms with Gasteiger partial charge in [-0.2, -0.15) is 0 Å². The van der Waals surface area contributed by atoms with Crippen LogP contribution in [0.4, 0.5) is 0 Å². The van der Waals surface area contributed by atoms with Crippen molar-refractivity contribution in [1.29, 1.82) is 0 Å². The van der Waals surface area contributed by atoms with E-state index in [4.69, 9.17) is 14.2 Å². The van der Waals surface area contributed by atoms with Crippen molar-refractivity contribution in [1.82, 2.24) is 4.57 Å². The number of carbonyl (C=O) groups is 1. The lowest BCUT2D eigenvalue weighted by Gasteiger charge is -2.25. The second-order valence-corrected chi connectivity index (χ2v) is 9.06. The van der Waals surface area contributed by atoms with Crippen LogP contribution in [0.25, 0.3) is 6.08 Å². The van der Waals surface area contributed by atoms with Gasteiger partial charge in [-0.1, -0.05) is 41.7 Å². The molecule has 0 saturated carbocycles. The molecule has 1 unspecified atom stereocenters. The van der Waals surface area contributed by atoms with Crippen LogP contribution in [-0.4, -0.2) is 30.9 Å². The molecule has 0 aliphatic carbocycles. The molecule has 1 aliphatic rings. The smallest absolute Gasteiger partial charge is 0.338 e. The fraction of sp³-hybridized carbons (Fsp3) is 0.269. The largest absolute Gasteiger partial charge is 0.497 e. The molecule has 8 heteroatoms. The summed E-state index contributed by atoms with van der Waals surface area (Å²) in [6.45, 7) is 5.35. The van der Waals surface area contributed by atoms with Crippen LogP contribution >= 0.6 is 11.3 Å². The van der Waals surface area contributed by atoms with Gasteiger partial charge in [0, 0.05) is 5.56 Å². The Morgan fingerprint density at radius 1 is 1.09 bits per heavy atom. The van der Waals surface area contributed by atoms with E-state index in [0.29, 0.717) is 32.1 Å². The molecule has 2 aromatic carbocycles. The predicted molar refractivity (Wildman–Crippen MR) is 131 cm³/mol. The maximum Gasteiger partial charge on any atom is 0.338 e. The Balaban J connectivity index is 1.95. The molecule has 0 bridgehead atoms. The summed E-state index contributed by atoms with van der Waals surface area (Å²) < 4.78 is 18.3. The first-order valence-electron chi connectivity index (χ1n) is 10.8. The van der Waals surface area contributed by atoms with Crippen LogP contribution in [0.15, 0.2) is 69.6 Å². The topological polar surface area (TPSA) is 79.1 Å². The molecule has 0 saturated heterocycles. The van der Waals surface area contributed by atoms with Crippen LogP contribution in [0, 0.1) is 0 Å². The van der Waals surface area contributed by atoms with Gasteiger partial charge >= 0.3 is 5.97 Å². The van der Waals surface area contributed by atoms with Gasteiger partial charge in [0.2, 0.25) is 0 Å². The Bertz CT molecular complexity index is 1430. The monoisotopic (exact) mass is 478 g/mol. The second kappa shape index (κ2) is 9.69. The van der Waals surface area contributed by atoms with E-state index < -0.39 is 12.0 Å². The van der Waals surface area contributed by atoms with Crippen molar-refractivity contribution >= 4 is 23.4 Å². The number of hydrogen-bond donors (Lipinski definition) is 0. The average Bonchev–Trinajstić information content (AvgIpc) is 3.12. The highest BCUT2D eigenvalue weighted by molar-refractivity contribution is 7.07. The lowest BCUT2D eigenvalue weighted by Crippen LogP contribution is -2.40. The summed E-state index contributed by atoms with van der Waals surface area (Å²) in [4.78, 5) is 31.9. The van der Waals surface area contributed by atoms with Gasteiger partial charge in [0.25, 0.3) is 5.56 Å². The van der Waals surface area contributed by atoms with Gasteiger partial charge in [0.15, 0.2) is 4.80 Å². The van der Waals surface area contributed by atoms with E-state index >= 15 is 0 Å². The van der Waals surface area contributed by atoms with Crippen LogP contribution < -0.4 is 24.4 Å². The molecule has 0 radical (unpaired) electrons. The zero-order chi connectivity index (χ0) is 24.4. The summed E-state index contributed by atoms with van der Waals surface area (Å²) in [5.74, 6) is 0.854. The minimum absolute atomic E-state index is 0.238. The highest BCUT2D eigenvalue weighted by Crippen LogP contribution is 2.32. The van der Waals surface area contributed by atoms with Gasteiger partial charge in [0.05, 0.1) is 42.2 Å². The number of nitrogens with zero attached hydrogens (tertiary/aromatic N) is 2. The molecule has 1 aromatic heterocycles. The zero-order valence-corrected chi connectivity index (χ0v) is 20.5. The second-order valence-electron chi connectivity index (χ2n) is 8.05. The number of methoxy groups -OCH3 is 2. The summed E-state index contributed by atoms with van der Waals surface area (Å²) in [7, 11) is 3.18. The number of fused-ring (bicyclic) bond motifs is 1. The van der Waals surface area contributed by atoms with E-state index in [1.807, 2.05) is 36.4 Å². The van der Waals surface area contributed by atoms with E-state index in [-0.39, 0.29) is 11.7 Å². The first-order valence-corrected chi connectivity index (χ1v) is 11.7. The zero-order valence-electron chi connectivity index (χ0n) is 19.7. The minimum Gasteiger partial charge on any atom is -0.497 e. The van der Waals surface area contributed by atoms with E-state index in [9.17, 15) is 9.59 Å². The summed E-state index contributed by atoms with van der Waals surface area (Å²) in [6.07, 6.45) is 1.48. The number of thiazole rings is 1. The Morgan fingerprint density at radius 3 is 2.44 bits per heavy atom. The molecule has 3 aromatic rings. The summed E-state index contributed by atoms with van der Waals surface area (Å²) >= 11 is 1.28. The van der Waals surface area contributed by atoms with Gasteiger partial charge in [-0.3, -0.25) is 9.36 Å². The number of allylic oxidation sites excluding steroid dienone is 1. The van der Waals surface area contributed by atoms with Crippen molar-refractivity contribution in [3.63, 3.8) is 0 Å². The van der Waals surface area contributed by atoms with Crippen LogP contribution in [-0.2, 0) is 9.53 Å². The molecule has 34 heavy (non-hydrogen) atoms. The molecule has 2 heterocycles. The molecule has 0 spiro atoms. The van der Waals surface area contributed by atoms with Gasteiger partial charge < -0.3 is 14.2 Å². The van der Waals surface area contributed by atoms with E-state index in [1.165, 1.54) is 11.3 Å². The van der Waals surface area contributed by atoms with Crippen molar-refractivity contribution in [2.75, 3.05) is 14.2 Å². The molecule has 0 fully saturated rings. The van der Waals surface area contributed by atoms with E-state index in [0.717, 1.165) is 11.1 Å². The Morgan fingerprint density at radius 2 is 1.79 bits per heavy atom. The molecule has 176 valence electrons. The third-order valence-corrected chi connectivity index (χ3v) is 6.42. The predicted octanol–water partition coefficient (Wildman–Crippen LogP) is 3.20. The third-order valence-electron chi connectivity index (χ3n) is 5.44.